The second-order valence-corrected chi connectivity index (χ2v) is 4.32. The predicted molar refractivity (Wildman–Crippen MR) is 59.3 cm³/mol. The van der Waals surface area contributed by atoms with Crippen molar-refractivity contribution in [1.82, 2.24) is 5.32 Å². The minimum Gasteiger partial charge on any atom is -0.313 e. The third-order valence-electron chi connectivity index (χ3n) is 2.76. The maximum absolute atomic E-state index is 5.52. The van der Waals surface area contributed by atoms with Gasteiger partial charge in [-0.05, 0) is 24.7 Å². The summed E-state index contributed by atoms with van der Waals surface area (Å²) in [7, 11) is 0. The van der Waals surface area contributed by atoms with Crippen LogP contribution in [0, 0.1) is 5.41 Å². The Morgan fingerprint density at radius 3 is 2.69 bits per heavy atom. The normalized spacial score (nSPS) is 19.5. The van der Waals surface area contributed by atoms with Crippen LogP contribution in [0.1, 0.15) is 32.6 Å². The molecule has 0 aromatic carbocycles. The van der Waals surface area contributed by atoms with Crippen LogP contribution in [0.25, 0.3) is 0 Å². The fraction of sp³-hybridized carbons (Fsp3) is 0.818. The Morgan fingerprint density at radius 1 is 1.38 bits per heavy atom. The molecule has 2 heteroatoms. The first-order chi connectivity index (χ1) is 6.33. The summed E-state index contributed by atoms with van der Waals surface area (Å²) in [5.41, 5.74) is 0.670. The number of rotatable bonds is 7. The summed E-state index contributed by atoms with van der Waals surface area (Å²) < 4.78 is 0. The maximum Gasteiger partial charge on any atom is 0.0404 e. The van der Waals surface area contributed by atoms with Gasteiger partial charge in [0.25, 0.3) is 0 Å². The van der Waals surface area contributed by atoms with Crippen molar-refractivity contribution in [1.29, 1.82) is 0 Å². The monoisotopic (exact) mass is 201 g/mol. The number of allylic oxidation sites excluding steroid dienone is 1. The van der Waals surface area contributed by atoms with E-state index >= 15 is 0 Å². The highest BCUT2D eigenvalue weighted by Crippen LogP contribution is 2.48. The molecule has 0 amide bonds. The molecule has 76 valence electrons. The van der Waals surface area contributed by atoms with Crippen molar-refractivity contribution in [2.75, 3.05) is 19.0 Å². The van der Waals surface area contributed by atoms with Crippen molar-refractivity contribution in [3.05, 3.63) is 12.2 Å². The smallest absolute Gasteiger partial charge is 0.0404 e. The second-order valence-electron chi connectivity index (χ2n) is 4.01. The molecule has 0 heterocycles. The lowest BCUT2D eigenvalue weighted by atomic mass is 10.0. The van der Waals surface area contributed by atoms with Crippen molar-refractivity contribution < 1.29 is 0 Å². The van der Waals surface area contributed by atoms with E-state index in [4.69, 9.17) is 11.6 Å². The SMILES string of the molecule is CCCC1(CNC/C=C/CCl)CC1. The molecule has 1 aliphatic carbocycles. The van der Waals surface area contributed by atoms with Crippen LogP contribution in [0.5, 0.6) is 0 Å². The summed E-state index contributed by atoms with van der Waals surface area (Å²) in [5, 5.41) is 3.46. The van der Waals surface area contributed by atoms with Gasteiger partial charge in [-0.1, -0.05) is 25.5 Å². The van der Waals surface area contributed by atoms with E-state index in [1.807, 2.05) is 6.08 Å². The van der Waals surface area contributed by atoms with Gasteiger partial charge < -0.3 is 5.32 Å². The van der Waals surface area contributed by atoms with E-state index in [1.165, 1.54) is 32.2 Å². The lowest BCUT2D eigenvalue weighted by Crippen LogP contribution is -2.23. The van der Waals surface area contributed by atoms with E-state index in [-0.39, 0.29) is 0 Å². The lowest BCUT2D eigenvalue weighted by Gasteiger charge is -2.13. The molecular weight excluding hydrogens is 182 g/mol. The third-order valence-corrected chi connectivity index (χ3v) is 2.93. The van der Waals surface area contributed by atoms with Crippen LogP contribution in [0.4, 0.5) is 0 Å². The van der Waals surface area contributed by atoms with Gasteiger partial charge in [-0.15, -0.1) is 11.6 Å². The highest BCUT2D eigenvalue weighted by atomic mass is 35.5. The zero-order valence-electron chi connectivity index (χ0n) is 8.48. The van der Waals surface area contributed by atoms with Gasteiger partial charge in [0.2, 0.25) is 0 Å². The third kappa shape index (κ3) is 4.15. The molecule has 13 heavy (non-hydrogen) atoms. The largest absolute Gasteiger partial charge is 0.313 e. The van der Waals surface area contributed by atoms with Crippen LogP contribution in [-0.2, 0) is 0 Å². The molecule has 0 spiro atoms. The van der Waals surface area contributed by atoms with Gasteiger partial charge in [0.15, 0.2) is 0 Å². The van der Waals surface area contributed by atoms with Crippen LogP contribution in [0.2, 0.25) is 0 Å². The van der Waals surface area contributed by atoms with E-state index in [1.54, 1.807) is 0 Å². The molecule has 1 N–H and O–H groups in total. The Bertz CT molecular complexity index is 161. The standard InChI is InChI=1S/C11H20ClN/c1-2-5-11(6-7-11)10-13-9-4-3-8-12/h3-4,13H,2,5-10H2,1H3/b4-3+. The summed E-state index contributed by atoms with van der Waals surface area (Å²) >= 11 is 5.52. The average molecular weight is 202 g/mol. The molecule has 0 saturated heterocycles. The first-order valence-electron chi connectivity index (χ1n) is 5.25. The van der Waals surface area contributed by atoms with Crippen molar-refractivity contribution in [2.45, 2.75) is 32.6 Å². The van der Waals surface area contributed by atoms with E-state index in [2.05, 4.69) is 18.3 Å². The topological polar surface area (TPSA) is 12.0 Å². The Balaban J connectivity index is 2.02. The van der Waals surface area contributed by atoms with Crippen LogP contribution in [0.3, 0.4) is 0 Å². The minimum absolute atomic E-state index is 0.627. The molecule has 0 unspecified atom stereocenters. The first-order valence-corrected chi connectivity index (χ1v) is 5.78. The predicted octanol–water partition coefficient (Wildman–Crippen LogP) is 2.95. The number of halogens is 1. The minimum atomic E-state index is 0.627. The Hall–Kier alpha value is -0.0100. The molecular formula is C11H20ClN. The van der Waals surface area contributed by atoms with Gasteiger partial charge in [0, 0.05) is 19.0 Å². The highest BCUT2D eigenvalue weighted by Gasteiger charge is 2.40. The number of nitrogens with one attached hydrogen (secondary N) is 1. The first kappa shape index (κ1) is 11.1. The molecule has 0 radical (unpaired) electrons. The van der Waals surface area contributed by atoms with Gasteiger partial charge in [-0.2, -0.15) is 0 Å². The molecule has 1 aliphatic rings. The van der Waals surface area contributed by atoms with Crippen LogP contribution < -0.4 is 5.32 Å². The lowest BCUT2D eigenvalue weighted by molar-refractivity contribution is 0.431. The zero-order chi connectivity index (χ0) is 9.57. The quantitative estimate of drug-likeness (QED) is 0.380. The molecule has 1 nitrogen and oxygen atoms in total. The summed E-state index contributed by atoms with van der Waals surface area (Å²) in [6, 6.07) is 0. The number of hydrogen-bond acceptors (Lipinski definition) is 1. The summed E-state index contributed by atoms with van der Waals surface area (Å²) in [4.78, 5) is 0. The van der Waals surface area contributed by atoms with Gasteiger partial charge >= 0.3 is 0 Å². The summed E-state index contributed by atoms with van der Waals surface area (Å²) in [5.74, 6) is 0.627. The van der Waals surface area contributed by atoms with Crippen molar-refractivity contribution >= 4 is 11.6 Å². The fourth-order valence-corrected chi connectivity index (χ4v) is 1.92. The fourth-order valence-electron chi connectivity index (χ4n) is 1.79. The van der Waals surface area contributed by atoms with Crippen LogP contribution >= 0.6 is 11.6 Å². The van der Waals surface area contributed by atoms with E-state index in [0.29, 0.717) is 11.3 Å². The van der Waals surface area contributed by atoms with E-state index < -0.39 is 0 Å². The van der Waals surface area contributed by atoms with Crippen molar-refractivity contribution in [2.24, 2.45) is 5.41 Å². The van der Waals surface area contributed by atoms with Crippen LogP contribution in [0.15, 0.2) is 12.2 Å². The van der Waals surface area contributed by atoms with Crippen molar-refractivity contribution in [3.63, 3.8) is 0 Å². The van der Waals surface area contributed by atoms with Crippen molar-refractivity contribution in [3.8, 4) is 0 Å². The Morgan fingerprint density at radius 2 is 2.15 bits per heavy atom. The number of alkyl halides is 1. The molecule has 1 fully saturated rings. The molecule has 0 aromatic heterocycles. The maximum atomic E-state index is 5.52. The molecule has 0 aromatic rings. The number of hydrogen-bond donors (Lipinski definition) is 1. The van der Waals surface area contributed by atoms with E-state index in [9.17, 15) is 0 Å². The summed E-state index contributed by atoms with van der Waals surface area (Å²) in [6.07, 6.45) is 9.65. The molecule has 0 aliphatic heterocycles. The van der Waals surface area contributed by atoms with Gasteiger partial charge in [0.1, 0.15) is 0 Å². The second kappa shape index (κ2) is 5.66. The van der Waals surface area contributed by atoms with Gasteiger partial charge in [-0.3, -0.25) is 0 Å². The molecule has 0 bridgehead atoms. The highest BCUT2D eigenvalue weighted by molar-refractivity contribution is 6.18. The summed E-state index contributed by atoms with van der Waals surface area (Å²) in [6.45, 7) is 4.43. The molecule has 1 saturated carbocycles. The van der Waals surface area contributed by atoms with E-state index in [0.717, 1.165) is 6.54 Å². The van der Waals surface area contributed by atoms with Crippen LogP contribution in [-0.4, -0.2) is 19.0 Å². The molecule has 0 atom stereocenters. The molecule has 1 rings (SSSR count). The zero-order valence-corrected chi connectivity index (χ0v) is 9.24. The Labute approximate surface area is 86.5 Å². The van der Waals surface area contributed by atoms with Gasteiger partial charge in [0.05, 0.1) is 0 Å². The van der Waals surface area contributed by atoms with Gasteiger partial charge in [-0.25, -0.2) is 0 Å². The average Bonchev–Trinajstić information content (AvgIpc) is 2.86. The Kier molecular flexibility index (Phi) is 4.82.